The molecule has 0 aliphatic carbocycles. The molecule has 27 heavy (non-hydrogen) atoms. The van der Waals surface area contributed by atoms with E-state index in [0.29, 0.717) is 31.7 Å². The minimum atomic E-state index is -3.66. The molecule has 2 saturated heterocycles. The Morgan fingerprint density at radius 3 is 2.33 bits per heavy atom. The molecular weight excluding hydrogens is 390 g/mol. The van der Waals surface area contributed by atoms with Gasteiger partial charge in [0, 0.05) is 37.8 Å². The highest BCUT2D eigenvalue weighted by molar-refractivity contribution is 7.89. The minimum Gasteiger partial charge on any atom is -0.373 e. The summed E-state index contributed by atoms with van der Waals surface area (Å²) in [5.41, 5.74) is 6.29. The Morgan fingerprint density at radius 2 is 1.74 bits per heavy atom. The predicted molar refractivity (Wildman–Crippen MR) is 106 cm³/mol. The Hall–Kier alpha value is -1.19. The van der Waals surface area contributed by atoms with E-state index < -0.39 is 10.0 Å². The zero-order valence-corrected chi connectivity index (χ0v) is 17.3. The Labute approximate surface area is 167 Å². The molecule has 7 nitrogen and oxygen atoms in total. The lowest BCUT2D eigenvalue weighted by molar-refractivity contribution is -0.0440. The molecule has 0 aromatic heterocycles. The number of nitrogens with two attached hydrogens (primary N) is 1. The molecular formula is C18H28ClN3O4S. The van der Waals surface area contributed by atoms with Crippen LogP contribution < -0.4 is 5.73 Å². The molecule has 3 rings (SSSR count). The van der Waals surface area contributed by atoms with Crippen LogP contribution in [0.15, 0.2) is 29.2 Å². The maximum Gasteiger partial charge on any atom is 0.253 e. The number of nitrogens with zero attached hydrogens (tertiary/aromatic N) is 2. The van der Waals surface area contributed by atoms with Gasteiger partial charge in [-0.25, -0.2) is 8.42 Å². The number of piperidine rings is 1. The molecule has 1 amide bonds. The number of likely N-dealkylation sites (tertiary alicyclic amines) is 1. The van der Waals surface area contributed by atoms with E-state index in [1.54, 1.807) is 23.1 Å². The van der Waals surface area contributed by atoms with E-state index in [4.69, 9.17) is 10.5 Å². The fourth-order valence-corrected chi connectivity index (χ4v) is 5.19. The highest BCUT2D eigenvalue weighted by atomic mass is 35.5. The van der Waals surface area contributed by atoms with Gasteiger partial charge in [-0.1, -0.05) is 6.07 Å². The van der Waals surface area contributed by atoms with Crippen LogP contribution in [0.4, 0.5) is 0 Å². The molecule has 2 aliphatic heterocycles. The Kier molecular flexibility index (Phi) is 7.27. The number of benzene rings is 1. The fourth-order valence-electron chi connectivity index (χ4n) is 3.55. The van der Waals surface area contributed by atoms with Crippen molar-refractivity contribution in [3.8, 4) is 0 Å². The average molecular weight is 418 g/mol. The lowest BCUT2D eigenvalue weighted by atomic mass is 10.0. The van der Waals surface area contributed by atoms with E-state index in [0.717, 1.165) is 12.8 Å². The number of carbonyl (C=O) groups excluding carboxylic acids is 1. The first-order chi connectivity index (χ1) is 12.3. The maximum atomic E-state index is 13.0. The van der Waals surface area contributed by atoms with Crippen LogP contribution in [0.3, 0.4) is 0 Å². The van der Waals surface area contributed by atoms with Gasteiger partial charge in [0.25, 0.3) is 5.91 Å². The van der Waals surface area contributed by atoms with Crippen molar-refractivity contribution >= 4 is 28.3 Å². The fraction of sp³-hybridized carbons (Fsp3) is 0.611. The second-order valence-electron chi connectivity index (χ2n) is 7.24. The largest absolute Gasteiger partial charge is 0.373 e. The number of carbonyl (C=O) groups is 1. The van der Waals surface area contributed by atoms with Gasteiger partial charge in [0.1, 0.15) is 0 Å². The van der Waals surface area contributed by atoms with Gasteiger partial charge in [-0.2, -0.15) is 4.31 Å². The summed E-state index contributed by atoms with van der Waals surface area (Å²) < 4.78 is 33.1. The smallest absolute Gasteiger partial charge is 0.253 e. The van der Waals surface area contributed by atoms with Gasteiger partial charge in [-0.15, -0.1) is 12.4 Å². The van der Waals surface area contributed by atoms with Crippen LogP contribution in [-0.2, 0) is 14.8 Å². The summed E-state index contributed by atoms with van der Waals surface area (Å²) in [4.78, 5) is 14.6. The standard InChI is InChI=1S/C18H27N3O4S.ClH/c1-13-11-21(12-14(2)25-13)26(23,24)17-5-3-4-15(10-17)18(22)20-8-6-16(19)7-9-20;/h3-5,10,13-14,16H,6-9,11-12,19H2,1-2H3;1H. The molecule has 1 aromatic rings. The molecule has 2 heterocycles. The first-order valence-electron chi connectivity index (χ1n) is 9.08. The van der Waals surface area contributed by atoms with Crippen molar-refractivity contribution < 1.29 is 17.9 Å². The van der Waals surface area contributed by atoms with Crippen LogP contribution in [-0.4, -0.2) is 68.0 Å². The van der Waals surface area contributed by atoms with Crippen molar-refractivity contribution in [2.75, 3.05) is 26.2 Å². The van der Waals surface area contributed by atoms with Crippen LogP contribution in [0.25, 0.3) is 0 Å². The zero-order chi connectivity index (χ0) is 18.9. The van der Waals surface area contributed by atoms with E-state index in [-0.39, 0.29) is 41.5 Å². The molecule has 1 aromatic carbocycles. The number of hydrogen-bond donors (Lipinski definition) is 1. The number of ether oxygens (including phenoxy) is 1. The summed E-state index contributed by atoms with van der Waals surface area (Å²) in [7, 11) is -3.66. The summed E-state index contributed by atoms with van der Waals surface area (Å²) in [5, 5.41) is 0. The molecule has 0 radical (unpaired) electrons. The monoisotopic (exact) mass is 417 g/mol. The van der Waals surface area contributed by atoms with Crippen molar-refractivity contribution in [1.29, 1.82) is 0 Å². The summed E-state index contributed by atoms with van der Waals surface area (Å²) in [5.74, 6) is -0.141. The highest BCUT2D eigenvalue weighted by Crippen LogP contribution is 2.23. The molecule has 2 N–H and O–H groups in total. The Bertz CT molecular complexity index is 756. The average Bonchev–Trinajstić information content (AvgIpc) is 2.61. The Balaban J connectivity index is 0.00000261. The number of hydrogen-bond acceptors (Lipinski definition) is 5. The number of sulfonamides is 1. The van der Waals surface area contributed by atoms with E-state index in [1.807, 2.05) is 13.8 Å². The maximum absolute atomic E-state index is 13.0. The first kappa shape index (κ1) is 22.1. The Morgan fingerprint density at radius 1 is 1.15 bits per heavy atom. The SMILES string of the molecule is CC1CN(S(=O)(=O)c2cccc(C(=O)N3CCC(N)CC3)c2)CC(C)O1.Cl. The van der Waals surface area contributed by atoms with Crippen molar-refractivity contribution in [2.24, 2.45) is 5.73 Å². The molecule has 0 spiro atoms. The zero-order valence-electron chi connectivity index (χ0n) is 15.7. The van der Waals surface area contributed by atoms with Gasteiger partial charge in [0.15, 0.2) is 0 Å². The van der Waals surface area contributed by atoms with Crippen molar-refractivity contribution in [1.82, 2.24) is 9.21 Å². The van der Waals surface area contributed by atoms with E-state index in [9.17, 15) is 13.2 Å². The van der Waals surface area contributed by atoms with Crippen molar-refractivity contribution in [3.63, 3.8) is 0 Å². The minimum absolute atomic E-state index is 0. The van der Waals surface area contributed by atoms with Crippen LogP contribution >= 0.6 is 12.4 Å². The van der Waals surface area contributed by atoms with Gasteiger partial charge in [-0.3, -0.25) is 4.79 Å². The lowest BCUT2D eigenvalue weighted by Gasteiger charge is -2.34. The molecule has 0 bridgehead atoms. The molecule has 2 unspecified atom stereocenters. The topological polar surface area (TPSA) is 92.9 Å². The molecule has 2 fully saturated rings. The molecule has 9 heteroatoms. The van der Waals surface area contributed by atoms with Crippen LogP contribution in [0.5, 0.6) is 0 Å². The quantitative estimate of drug-likeness (QED) is 0.803. The predicted octanol–water partition coefficient (Wildman–Crippen LogP) is 1.47. The lowest BCUT2D eigenvalue weighted by Crippen LogP contribution is -2.48. The summed E-state index contributed by atoms with van der Waals surface area (Å²) in [6.45, 7) is 5.56. The second kappa shape index (κ2) is 8.87. The van der Waals surface area contributed by atoms with Gasteiger partial charge < -0.3 is 15.4 Å². The first-order valence-corrected chi connectivity index (χ1v) is 10.5. The van der Waals surface area contributed by atoms with Gasteiger partial charge in [-0.05, 0) is 44.9 Å². The summed E-state index contributed by atoms with van der Waals surface area (Å²) in [6.07, 6.45) is 1.23. The number of amides is 1. The van der Waals surface area contributed by atoms with Gasteiger partial charge in [0.2, 0.25) is 10.0 Å². The highest BCUT2D eigenvalue weighted by Gasteiger charge is 2.32. The second-order valence-corrected chi connectivity index (χ2v) is 9.17. The van der Waals surface area contributed by atoms with Crippen molar-refractivity contribution in [3.05, 3.63) is 29.8 Å². The van der Waals surface area contributed by atoms with Crippen molar-refractivity contribution in [2.45, 2.75) is 49.8 Å². The number of halogens is 1. The van der Waals surface area contributed by atoms with E-state index in [2.05, 4.69) is 0 Å². The molecule has 2 aliphatic rings. The van der Waals surface area contributed by atoms with Crippen LogP contribution in [0.1, 0.15) is 37.0 Å². The van der Waals surface area contributed by atoms with Gasteiger partial charge in [0.05, 0.1) is 17.1 Å². The summed E-state index contributed by atoms with van der Waals surface area (Å²) >= 11 is 0. The van der Waals surface area contributed by atoms with Crippen LogP contribution in [0, 0.1) is 0 Å². The third-order valence-electron chi connectivity index (χ3n) is 4.93. The van der Waals surface area contributed by atoms with Crippen LogP contribution in [0.2, 0.25) is 0 Å². The number of rotatable bonds is 3. The molecule has 152 valence electrons. The molecule has 2 atom stereocenters. The number of morpholine rings is 1. The third-order valence-corrected chi connectivity index (χ3v) is 6.76. The summed E-state index contributed by atoms with van der Waals surface area (Å²) in [6, 6.07) is 6.46. The normalized spacial score (nSPS) is 25.1. The molecule has 0 saturated carbocycles. The van der Waals surface area contributed by atoms with E-state index >= 15 is 0 Å². The van der Waals surface area contributed by atoms with Gasteiger partial charge >= 0.3 is 0 Å². The van der Waals surface area contributed by atoms with E-state index in [1.165, 1.54) is 10.4 Å². The third kappa shape index (κ3) is 5.00.